The molecule has 0 aliphatic carbocycles. The first-order chi connectivity index (χ1) is 13.4. The van der Waals surface area contributed by atoms with Crippen LogP contribution in [0.15, 0.2) is 12.2 Å². The predicted molar refractivity (Wildman–Crippen MR) is 123 cm³/mol. The number of carbonyl (C=O) groups is 1. The fourth-order valence-electron chi connectivity index (χ4n) is 3.60. The molecule has 0 aromatic carbocycles. The van der Waals surface area contributed by atoms with E-state index in [0.29, 0.717) is 12.2 Å². The molecule has 0 saturated carbocycles. The molecule has 0 unspecified atom stereocenters. The number of carbonyl (C=O) groups excluding carboxylic acids is 1. The number of hydrogen-bond acceptors (Lipinski definition) is 2. The minimum atomic E-state index is -0.256. The fourth-order valence-corrected chi connectivity index (χ4v) is 3.60. The average Bonchev–Trinajstić information content (AvgIpc) is 2.65. The smallest absolute Gasteiger partial charge is 0.333 e. The van der Waals surface area contributed by atoms with Crippen molar-refractivity contribution in [3.63, 3.8) is 0 Å². The number of nitrogens with zero attached hydrogens (tertiary/aromatic N) is 1. The van der Waals surface area contributed by atoms with Crippen LogP contribution < -0.4 is 0 Å². The van der Waals surface area contributed by atoms with Crippen molar-refractivity contribution in [2.75, 3.05) is 33.8 Å². The Kier molecular flexibility index (Phi) is 17.7. The third-order valence-corrected chi connectivity index (χ3v) is 5.61. The molecule has 28 heavy (non-hydrogen) atoms. The molecule has 0 aromatic heterocycles. The molecule has 3 nitrogen and oxygen atoms in total. The fraction of sp³-hybridized carbons (Fsp3) is 0.880. The standard InChI is InChI=1S/C25H50NO2/c1-6-7-8-9-15-18-21-26(4,5)22-19-16-13-11-10-12-14-17-20-23-28-25(27)24(2)3/h2,6-23H2,1,3-5H3/q+1. The van der Waals surface area contributed by atoms with E-state index in [4.69, 9.17) is 4.74 Å². The van der Waals surface area contributed by atoms with Gasteiger partial charge in [-0.2, -0.15) is 0 Å². The molecule has 0 fully saturated rings. The largest absolute Gasteiger partial charge is 0.462 e. The lowest BCUT2D eigenvalue weighted by Gasteiger charge is -2.30. The SMILES string of the molecule is C=C(C)C(=O)OCCCCCCCCCCC[N+](C)(C)CCCCCCCC. The molecule has 0 saturated heterocycles. The van der Waals surface area contributed by atoms with Crippen LogP contribution in [-0.4, -0.2) is 44.2 Å². The maximum absolute atomic E-state index is 11.2. The number of unbranched alkanes of at least 4 members (excludes halogenated alkanes) is 13. The summed E-state index contributed by atoms with van der Waals surface area (Å²) in [5, 5.41) is 0. The molecule has 0 amide bonds. The highest BCUT2D eigenvalue weighted by Gasteiger charge is 2.13. The van der Waals surface area contributed by atoms with Crippen LogP contribution in [0.4, 0.5) is 0 Å². The maximum atomic E-state index is 11.2. The molecule has 0 atom stereocenters. The molecule has 3 heteroatoms. The molecule has 0 aliphatic heterocycles. The Morgan fingerprint density at radius 2 is 1.11 bits per heavy atom. The molecule has 0 aromatic rings. The summed E-state index contributed by atoms with van der Waals surface area (Å²) in [6.45, 7) is 10.8. The molecule has 0 N–H and O–H groups in total. The number of hydrogen-bond donors (Lipinski definition) is 0. The van der Waals surface area contributed by atoms with E-state index in [0.717, 1.165) is 12.8 Å². The zero-order valence-electron chi connectivity index (χ0n) is 19.7. The van der Waals surface area contributed by atoms with Crippen molar-refractivity contribution in [2.45, 2.75) is 110 Å². The van der Waals surface area contributed by atoms with Crippen LogP contribution in [-0.2, 0) is 9.53 Å². The highest BCUT2D eigenvalue weighted by atomic mass is 16.5. The van der Waals surface area contributed by atoms with Crippen LogP contribution >= 0.6 is 0 Å². The van der Waals surface area contributed by atoms with Gasteiger partial charge in [0, 0.05) is 5.57 Å². The highest BCUT2D eigenvalue weighted by molar-refractivity contribution is 5.86. The van der Waals surface area contributed by atoms with Crippen molar-refractivity contribution in [3.8, 4) is 0 Å². The summed E-state index contributed by atoms with van der Waals surface area (Å²) in [7, 11) is 4.80. The Balaban J connectivity index is 3.35. The first-order valence-corrected chi connectivity index (χ1v) is 12.0. The van der Waals surface area contributed by atoms with E-state index < -0.39 is 0 Å². The number of quaternary nitrogens is 1. The van der Waals surface area contributed by atoms with Gasteiger partial charge in [-0.1, -0.05) is 77.7 Å². The molecule has 0 radical (unpaired) electrons. The van der Waals surface area contributed by atoms with Crippen LogP contribution in [0.25, 0.3) is 0 Å². The van der Waals surface area contributed by atoms with Gasteiger partial charge < -0.3 is 9.22 Å². The van der Waals surface area contributed by atoms with Gasteiger partial charge in [-0.05, 0) is 39.0 Å². The Bertz CT molecular complexity index is 390. The van der Waals surface area contributed by atoms with Crippen molar-refractivity contribution in [3.05, 3.63) is 12.2 Å². The monoisotopic (exact) mass is 396 g/mol. The third-order valence-electron chi connectivity index (χ3n) is 5.61. The lowest BCUT2D eigenvalue weighted by Crippen LogP contribution is -2.41. The van der Waals surface area contributed by atoms with Gasteiger partial charge in [0.25, 0.3) is 0 Å². The van der Waals surface area contributed by atoms with E-state index in [2.05, 4.69) is 27.6 Å². The van der Waals surface area contributed by atoms with Gasteiger partial charge in [-0.3, -0.25) is 0 Å². The predicted octanol–water partition coefficient (Wildman–Crippen LogP) is 7.05. The zero-order valence-corrected chi connectivity index (χ0v) is 19.7. The van der Waals surface area contributed by atoms with Crippen LogP contribution in [0.2, 0.25) is 0 Å². The Morgan fingerprint density at radius 3 is 1.54 bits per heavy atom. The molecular formula is C25H50NO2+. The van der Waals surface area contributed by atoms with Crippen LogP contribution in [0, 0.1) is 0 Å². The minimum Gasteiger partial charge on any atom is -0.462 e. The summed E-state index contributed by atoms with van der Waals surface area (Å²) < 4.78 is 6.31. The van der Waals surface area contributed by atoms with Crippen molar-refractivity contribution in [1.29, 1.82) is 0 Å². The number of rotatable bonds is 20. The normalized spacial score (nSPS) is 11.6. The summed E-state index contributed by atoms with van der Waals surface area (Å²) in [5.74, 6) is -0.256. The lowest BCUT2D eigenvalue weighted by atomic mass is 10.1. The van der Waals surface area contributed by atoms with Gasteiger partial charge in [-0.15, -0.1) is 0 Å². The molecule has 0 rings (SSSR count). The number of ether oxygens (including phenoxy) is 1. The van der Waals surface area contributed by atoms with Gasteiger partial charge in [0.05, 0.1) is 33.8 Å². The summed E-state index contributed by atoms with van der Waals surface area (Å²) in [4.78, 5) is 11.2. The first kappa shape index (κ1) is 27.2. The highest BCUT2D eigenvalue weighted by Crippen LogP contribution is 2.13. The van der Waals surface area contributed by atoms with Gasteiger partial charge in [0.15, 0.2) is 0 Å². The number of esters is 1. The van der Waals surface area contributed by atoms with Crippen LogP contribution in [0.3, 0.4) is 0 Å². The van der Waals surface area contributed by atoms with E-state index in [1.807, 2.05) is 0 Å². The maximum Gasteiger partial charge on any atom is 0.333 e. The van der Waals surface area contributed by atoms with Crippen molar-refractivity contribution in [2.24, 2.45) is 0 Å². The van der Waals surface area contributed by atoms with Gasteiger partial charge in [0.1, 0.15) is 0 Å². The second-order valence-electron chi connectivity index (χ2n) is 9.25. The first-order valence-electron chi connectivity index (χ1n) is 12.0. The van der Waals surface area contributed by atoms with Gasteiger partial charge in [-0.25, -0.2) is 4.79 Å². The molecule has 0 bridgehead atoms. The van der Waals surface area contributed by atoms with E-state index in [1.165, 1.54) is 101 Å². The van der Waals surface area contributed by atoms with Crippen molar-refractivity contribution < 1.29 is 14.0 Å². The topological polar surface area (TPSA) is 26.3 Å². The molecule has 0 aliphatic rings. The summed E-state index contributed by atoms with van der Waals surface area (Å²) in [6, 6.07) is 0. The summed E-state index contributed by atoms with van der Waals surface area (Å²) in [6.07, 6.45) is 20.0. The van der Waals surface area contributed by atoms with Gasteiger partial charge in [0.2, 0.25) is 0 Å². The van der Waals surface area contributed by atoms with E-state index >= 15 is 0 Å². The molecule has 0 heterocycles. The Labute approximate surface area is 176 Å². The summed E-state index contributed by atoms with van der Waals surface area (Å²) in [5.41, 5.74) is 0.490. The Morgan fingerprint density at radius 1 is 0.714 bits per heavy atom. The Hall–Kier alpha value is -0.830. The van der Waals surface area contributed by atoms with Crippen LogP contribution in [0.1, 0.15) is 110 Å². The lowest BCUT2D eigenvalue weighted by molar-refractivity contribution is -0.890. The average molecular weight is 397 g/mol. The van der Waals surface area contributed by atoms with E-state index in [-0.39, 0.29) is 5.97 Å². The quantitative estimate of drug-likeness (QED) is 0.0953. The third kappa shape index (κ3) is 18.5. The minimum absolute atomic E-state index is 0.256. The molecule has 0 spiro atoms. The second kappa shape index (κ2) is 18.2. The van der Waals surface area contributed by atoms with E-state index in [1.54, 1.807) is 6.92 Å². The molecule has 166 valence electrons. The van der Waals surface area contributed by atoms with Crippen LogP contribution in [0.5, 0.6) is 0 Å². The van der Waals surface area contributed by atoms with E-state index in [9.17, 15) is 4.79 Å². The second-order valence-corrected chi connectivity index (χ2v) is 9.25. The zero-order chi connectivity index (χ0) is 21.1. The van der Waals surface area contributed by atoms with Crippen molar-refractivity contribution >= 4 is 5.97 Å². The molecular weight excluding hydrogens is 346 g/mol. The van der Waals surface area contributed by atoms with Gasteiger partial charge >= 0.3 is 5.97 Å². The van der Waals surface area contributed by atoms with Crippen molar-refractivity contribution in [1.82, 2.24) is 0 Å². The summed E-state index contributed by atoms with van der Waals surface area (Å²) >= 11 is 0.